The van der Waals surface area contributed by atoms with Crippen LogP contribution in [0.2, 0.25) is 0 Å². The Morgan fingerprint density at radius 1 is 0.386 bits per heavy atom. The molecule has 3 fully saturated rings. The van der Waals surface area contributed by atoms with Gasteiger partial charge in [0, 0.05) is 119 Å². The molecule has 0 saturated carbocycles. The van der Waals surface area contributed by atoms with Crippen molar-refractivity contribution in [3.63, 3.8) is 0 Å². The summed E-state index contributed by atoms with van der Waals surface area (Å²) in [5.41, 5.74) is 2.16. The molecule has 0 amide bonds. The van der Waals surface area contributed by atoms with Crippen LogP contribution in [0.4, 0.5) is 8.78 Å². The maximum atomic E-state index is 14.4. The fraction of sp³-hybridized carbons (Fsp3) is 0.344. The van der Waals surface area contributed by atoms with Crippen LogP contribution in [0, 0.1) is 29.4 Å². The minimum absolute atomic E-state index is 0.0511. The van der Waals surface area contributed by atoms with Crippen molar-refractivity contribution in [2.45, 2.75) is 187 Å². The Morgan fingerprint density at radius 3 is 1.04 bits per heavy atom. The number of ketones is 2. The lowest BCUT2D eigenvalue weighted by Crippen LogP contribution is -2.62. The first-order valence-electron chi connectivity index (χ1n) is 67.6. The van der Waals surface area contributed by atoms with E-state index in [1.807, 2.05) is 41.5 Å². The van der Waals surface area contributed by atoms with Crippen LogP contribution in [0.15, 0.2) is 237 Å². The van der Waals surface area contributed by atoms with Gasteiger partial charge in [0.25, 0.3) is 0 Å². The molecular weight excluding hydrogens is 1460 g/mol. The molecule has 1 unspecified atom stereocenters. The van der Waals surface area contributed by atoms with Gasteiger partial charge in [-0.1, -0.05) is 148 Å². The molecule has 12 rings (SSSR count). The molecule has 21 heteroatoms. The molecule has 0 bridgehead atoms. The molecule has 114 heavy (non-hydrogen) atoms. The van der Waals surface area contributed by atoms with Crippen LogP contribution in [0.25, 0.3) is 22.3 Å². The standard InChI is InChI=1S/C39H39FO7.C29H28O7.C25H31FO5.28H2/c1-25(41)13-11-18-27-21-22-32(24-33(27)30-19-12-20-31(40)23-30)44-38-35(46-37(43)29-16-9-6-10-17-29)34(26(2)39(3,4)47-38)45-36(42)28-14-7-5-8-15-28;1-19-23(33-25(30)20-13-7-4-8-14-20)24(34-26(31)21-15-9-5-10-16-21)28(36-29(19,2)3)35-27(32)22-17-11-6-12-18-22;1-15(27)7-5-8-17-11-12-20(14-21(17)18-9-6-10-19(26)13-18)30-24-23(29)22(28)16(2)25(3,4)31-24;;;;;;;;;;;;;;;;;;;;;;;;;;;;/h5-10,12,14-17,19-24,26,34-35,38H,11,13,18H2,1-4H3;4-19,23-24,28H,1-3H3;6,9-14,16,22-24,28-29H,5,7-8H2,1-4H3;28*1H/t26-,34-,35-,38?;19-,23-,24-,28+;16-,22-,23-,24-;;;;;;;;;;;;;;;;;;;;;;;;;;;;/m111............................/s1/i11D2;;5D2;28*1+2T. The maximum Gasteiger partial charge on any atom is 0.340 e. The molecule has 9 aromatic carbocycles. The minimum atomic E-state index is -1.85. The van der Waals surface area contributed by atoms with Gasteiger partial charge in [-0.15, -0.1) is 0 Å². The summed E-state index contributed by atoms with van der Waals surface area (Å²) >= 11 is 0. The van der Waals surface area contributed by atoms with Gasteiger partial charge in [0.15, 0.2) is 12.2 Å². The highest BCUT2D eigenvalue weighted by Crippen LogP contribution is 2.43. The van der Waals surface area contributed by atoms with E-state index in [0.29, 0.717) is 61.4 Å². The quantitative estimate of drug-likeness (QED) is 0.0421. The molecule has 3 heterocycles. The third-order valence-electron chi connectivity index (χ3n) is 20.4. The number of carbonyl (C=O) groups excluding carboxylic acids is 7. The summed E-state index contributed by atoms with van der Waals surface area (Å²) in [6.45, 7) is 19.0. The number of hydrogen-bond donors (Lipinski definition) is 2. The monoisotopic (exact) mass is 1730 g/mol. The molecule has 19 nitrogen and oxygen atoms in total. The highest BCUT2D eigenvalue weighted by atomic mass is 19.1. The van der Waals surface area contributed by atoms with Crippen LogP contribution in [0.5, 0.6) is 11.5 Å². The number of halogens is 2. The number of carbonyl (C=O) groups is 7. The van der Waals surface area contributed by atoms with Crippen LogP contribution in [-0.4, -0.2) is 124 Å². The molecule has 3 saturated heterocycles. The Balaban J connectivity index is -0.000000102. The van der Waals surface area contributed by atoms with Crippen molar-refractivity contribution in [1.29, 1.82) is 0 Å². The predicted octanol–water partition coefficient (Wildman–Crippen LogP) is 24.2. The number of Topliss-reactive ketones (excluding diaryl/α,β-unsaturated/α-hetero) is 2. The van der Waals surface area contributed by atoms with Crippen molar-refractivity contribution in [1.82, 2.24) is 0 Å². The zero-order chi connectivity index (χ0) is 142. The van der Waals surface area contributed by atoms with Crippen LogP contribution < -0.4 is 9.47 Å². The van der Waals surface area contributed by atoms with E-state index in [9.17, 15) is 52.6 Å². The predicted molar refractivity (Wildman–Crippen MR) is 482 cm³/mol. The molecule has 0 aliphatic carbocycles. The van der Waals surface area contributed by atoms with Crippen molar-refractivity contribution >= 4 is 41.4 Å². The van der Waals surface area contributed by atoms with Crippen molar-refractivity contribution in [3.05, 3.63) is 287 Å². The zero-order valence-corrected chi connectivity index (χ0v) is 65.4. The van der Waals surface area contributed by atoms with Gasteiger partial charge in [-0.25, -0.2) is 32.8 Å². The first kappa shape index (κ1) is 51.6. The summed E-state index contributed by atoms with van der Waals surface area (Å²) in [6.07, 6.45) is -14.7. The molecular formula is C93H154F2O19. The molecule has 0 spiro atoms. The molecule has 3 aliphatic rings. The fourth-order valence-electron chi connectivity index (χ4n) is 13.1. The summed E-state index contributed by atoms with van der Waals surface area (Å²) in [6, 6.07) is 63.8. The van der Waals surface area contributed by atoms with Gasteiger partial charge in [0.2, 0.25) is 31.1 Å². The van der Waals surface area contributed by atoms with Gasteiger partial charge in [0.05, 0.1) is 50.7 Å². The smallest absolute Gasteiger partial charge is 0.340 e. The average Bonchev–Trinajstić information content (AvgIpc) is 0.422. The Morgan fingerprint density at radius 2 is 0.693 bits per heavy atom. The van der Waals surface area contributed by atoms with E-state index < -0.39 is 138 Å². The van der Waals surface area contributed by atoms with Gasteiger partial charge in [-0.2, -0.15) is 0 Å². The highest BCUT2D eigenvalue weighted by molar-refractivity contribution is 5.92. The number of hydrogen-bond acceptors (Lipinski definition) is 19. The Kier molecular flexibility index (Phi) is 17.5. The lowest BCUT2D eigenvalue weighted by Gasteiger charge is -2.48. The number of ether oxygens (including phenoxy) is 10. The number of aryl methyl sites for hydroxylation is 2. The SMILES string of the molecule is C[C@@H]1[C@@H](OC(=O)c2ccccc2)[C@@H](OC(=O)c2ccccc2)[C@@H](OC(=O)c2ccccc2)OC1(C)C.[2H]C([2H])(CC(C)=O)Cc1ccc(OC2OC(C)(C)[C@H](C)[C@@H](OC(=O)c3ccccc3)[C@H]2OC(=O)c2ccccc2)cc1-c1cccc(F)c1.[2H]C([2H])(CC(C)=O)Cc1ccc(O[C@@H]2OC(C)(C)[C@H](C)[C@@H](O)[C@H]2O)cc1-c1cccc(F)c1.[3H][3H].[3H][3H].[3H][3H].[3H][3H].[3H][3H].[3H][3H].[3H][3H].[3H][3H].[3H][3H].[3H][3H].[3H][3H].[3H][3H].[3H][3H].[3H][3H].[3H][3H].[3H][3H].[3H][3H].[3H][3H].[3H][3H].[3H][3H].[3H][3H].[3H][3H].[3H][3H].[3H][3H].[3H][3H].[3H][3H].[3H][3H].[3H][3H]. The van der Waals surface area contributed by atoms with Crippen molar-refractivity contribution in [2.24, 2.45) is 17.8 Å². The van der Waals surface area contributed by atoms with Gasteiger partial charge < -0.3 is 67.2 Å². The van der Waals surface area contributed by atoms with E-state index in [4.69, 9.17) is 136 Å². The molecule has 3 aliphatic heterocycles. The van der Waals surface area contributed by atoms with E-state index in [2.05, 4.69) is 0 Å². The van der Waals surface area contributed by atoms with E-state index in [1.54, 1.807) is 233 Å². The first-order valence-corrected chi connectivity index (χ1v) is 37.6. The van der Waals surface area contributed by atoms with Gasteiger partial charge in [0.1, 0.15) is 40.8 Å². The second kappa shape index (κ2) is 38.6. The van der Waals surface area contributed by atoms with Crippen molar-refractivity contribution in [3.8, 4) is 33.8 Å². The third-order valence-corrected chi connectivity index (χ3v) is 20.4. The third kappa shape index (κ3) is 22.4. The van der Waals surface area contributed by atoms with E-state index >= 15 is 0 Å². The Hall–Kier alpha value is -11.1. The zero-order valence-electron chi connectivity index (χ0n) is 125. The topological polar surface area (TPSA) is 252 Å². The molecule has 0 radical (unpaired) electrons. The summed E-state index contributed by atoms with van der Waals surface area (Å²) in [4.78, 5) is 89.0. The van der Waals surface area contributed by atoms with E-state index in [1.165, 1.54) is 38.1 Å². The molecule has 0 aromatic heterocycles. The fourth-order valence-corrected chi connectivity index (χ4v) is 13.1. The second-order valence-corrected chi connectivity index (χ2v) is 29.8. The number of aliphatic hydroxyl groups excluding tert-OH is 2. The van der Waals surface area contributed by atoms with Gasteiger partial charge in [-0.3, -0.25) is 0 Å². The Bertz CT molecular complexity index is 5100. The largest absolute Gasteiger partial charge is 0.462 e. The normalized spacial score (nSPS) is 25.1. The van der Waals surface area contributed by atoms with E-state index in [0.717, 1.165) is 0 Å². The molecule has 2 N–H and O–H groups in total. The van der Waals surface area contributed by atoms with Crippen LogP contribution in [-0.2, 0) is 60.3 Å². The first-order chi connectivity index (χ1) is 83.8. The summed E-state index contributed by atoms with van der Waals surface area (Å²) < 4.78 is 402. The average molecular weight is 1730 g/mol. The molecule has 654 valence electrons. The van der Waals surface area contributed by atoms with Crippen LogP contribution >= 0.6 is 0 Å². The van der Waals surface area contributed by atoms with Gasteiger partial charge in [-0.05, 0) is 224 Å². The number of rotatable bonds is 24. The summed E-state index contributed by atoms with van der Waals surface area (Å²) in [5, 5.41) is 20.9. The van der Waals surface area contributed by atoms with Crippen molar-refractivity contribution in [2.75, 3.05) is 0 Å². The number of aliphatic hydroxyl groups is 2. The van der Waals surface area contributed by atoms with Crippen LogP contribution in [0.3, 0.4) is 0 Å². The van der Waals surface area contributed by atoms with E-state index in [-0.39, 0.29) is 54.5 Å². The minimum Gasteiger partial charge on any atom is -0.462 e. The summed E-state index contributed by atoms with van der Waals surface area (Å²) in [5.74, 6) is -5.26. The van der Waals surface area contributed by atoms with Crippen molar-refractivity contribution < 1.29 is 189 Å². The maximum absolute atomic E-state index is 14.4. The second-order valence-electron chi connectivity index (χ2n) is 29.8. The molecule has 12 atom stereocenters. The summed E-state index contributed by atoms with van der Waals surface area (Å²) in [7, 11) is 0. The molecule has 9 aromatic rings. The Labute approximate surface area is 755 Å². The van der Waals surface area contributed by atoms with Gasteiger partial charge >= 0.3 is 29.8 Å². The number of esters is 5. The number of benzene rings is 9. The lowest BCUT2D eigenvalue weighted by molar-refractivity contribution is -0.291. The highest BCUT2D eigenvalue weighted by Gasteiger charge is 2.56. The van der Waals surface area contributed by atoms with Crippen LogP contribution in [0.1, 0.15) is 253 Å². The lowest BCUT2D eigenvalue weighted by atomic mass is 9.82.